The van der Waals surface area contributed by atoms with E-state index in [0.717, 1.165) is 13.1 Å². The van der Waals surface area contributed by atoms with E-state index < -0.39 is 5.41 Å². The summed E-state index contributed by atoms with van der Waals surface area (Å²) in [5.74, 6) is 5.13. The second kappa shape index (κ2) is 5.64. The van der Waals surface area contributed by atoms with E-state index in [0.29, 0.717) is 6.04 Å². The number of hydrazine groups is 1. The number of hydrogen-bond acceptors (Lipinski definition) is 3. The van der Waals surface area contributed by atoms with Gasteiger partial charge in [0.1, 0.15) is 0 Å². The lowest BCUT2D eigenvalue weighted by molar-refractivity contribution is -0.130. The molecular formula is C12H25N3O. The van der Waals surface area contributed by atoms with Gasteiger partial charge in [0.15, 0.2) is 0 Å². The lowest BCUT2D eigenvalue weighted by atomic mass is 9.91. The number of amides is 1. The smallest absolute Gasteiger partial charge is 0.240 e. The van der Waals surface area contributed by atoms with Crippen molar-refractivity contribution >= 4 is 5.91 Å². The highest BCUT2D eigenvalue weighted by atomic mass is 16.2. The average Bonchev–Trinajstić information content (AvgIpc) is 2.43. The van der Waals surface area contributed by atoms with E-state index in [4.69, 9.17) is 5.84 Å². The summed E-state index contributed by atoms with van der Waals surface area (Å²) in [5, 5.41) is 0. The first kappa shape index (κ1) is 13.5. The largest absolute Gasteiger partial charge is 0.300 e. The van der Waals surface area contributed by atoms with E-state index in [1.807, 2.05) is 13.8 Å². The molecule has 1 saturated heterocycles. The Balaban J connectivity index is 2.59. The molecule has 94 valence electrons. The van der Waals surface area contributed by atoms with E-state index in [1.54, 1.807) is 0 Å². The fourth-order valence-corrected chi connectivity index (χ4v) is 2.34. The zero-order chi connectivity index (χ0) is 12.2. The Morgan fingerprint density at radius 2 is 2.12 bits per heavy atom. The van der Waals surface area contributed by atoms with Crippen molar-refractivity contribution < 1.29 is 4.79 Å². The fourth-order valence-electron chi connectivity index (χ4n) is 2.34. The zero-order valence-corrected chi connectivity index (χ0v) is 10.8. The number of nitrogens with one attached hydrogen (secondary N) is 1. The highest BCUT2D eigenvalue weighted by Gasteiger charge is 2.31. The molecule has 4 heteroatoms. The third kappa shape index (κ3) is 3.46. The molecule has 1 atom stereocenters. The molecule has 1 aliphatic heterocycles. The minimum Gasteiger partial charge on any atom is -0.300 e. The van der Waals surface area contributed by atoms with E-state index >= 15 is 0 Å². The van der Waals surface area contributed by atoms with Gasteiger partial charge < -0.3 is 0 Å². The first-order chi connectivity index (χ1) is 7.47. The van der Waals surface area contributed by atoms with Crippen molar-refractivity contribution in [3.05, 3.63) is 0 Å². The lowest BCUT2D eigenvalue weighted by Crippen LogP contribution is -2.49. The van der Waals surface area contributed by atoms with Gasteiger partial charge in [0.2, 0.25) is 5.91 Å². The van der Waals surface area contributed by atoms with Crippen LogP contribution >= 0.6 is 0 Å². The zero-order valence-electron chi connectivity index (χ0n) is 10.8. The summed E-state index contributed by atoms with van der Waals surface area (Å²) in [5.41, 5.74) is 1.85. The summed E-state index contributed by atoms with van der Waals surface area (Å²) >= 11 is 0. The van der Waals surface area contributed by atoms with Crippen molar-refractivity contribution in [1.82, 2.24) is 10.3 Å². The Hall–Kier alpha value is -0.610. The van der Waals surface area contributed by atoms with Crippen LogP contribution in [0.1, 0.15) is 46.5 Å². The van der Waals surface area contributed by atoms with E-state index in [-0.39, 0.29) is 5.91 Å². The van der Waals surface area contributed by atoms with E-state index in [9.17, 15) is 4.79 Å². The highest BCUT2D eigenvalue weighted by molar-refractivity contribution is 5.81. The van der Waals surface area contributed by atoms with Crippen LogP contribution in [0.4, 0.5) is 0 Å². The molecule has 0 aliphatic carbocycles. The van der Waals surface area contributed by atoms with E-state index in [2.05, 4.69) is 17.2 Å². The molecule has 1 fully saturated rings. The van der Waals surface area contributed by atoms with Gasteiger partial charge in [-0.05, 0) is 40.2 Å². The lowest BCUT2D eigenvalue weighted by Gasteiger charge is -2.34. The van der Waals surface area contributed by atoms with Crippen molar-refractivity contribution in [1.29, 1.82) is 0 Å². The number of nitrogens with zero attached hydrogens (tertiary/aromatic N) is 1. The molecule has 0 spiro atoms. The predicted molar refractivity (Wildman–Crippen MR) is 65.6 cm³/mol. The Labute approximate surface area is 98.5 Å². The number of rotatable bonds is 3. The molecular weight excluding hydrogens is 202 g/mol. The van der Waals surface area contributed by atoms with Crippen molar-refractivity contribution in [2.24, 2.45) is 11.3 Å². The maximum Gasteiger partial charge on any atom is 0.240 e. The minimum absolute atomic E-state index is 0.0797. The third-order valence-corrected chi connectivity index (χ3v) is 3.53. The van der Waals surface area contributed by atoms with E-state index in [1.165, 1.54) is 25.7 Å². The topological polar surface area (TPSA) is 58.4 Å². The Kier molecular flexibility index (Phi) is 4.74. The summed E-state index contributed by atoms with van der Waals surface area (Å²) < 4.78 is 0. The molecule has 1 heterocycles. The maximum atomic E-state index is 11.6. The Morgan fingerprint density at radius 1 is 1.44 bits per heavy atom. The van der Waals surface area contributed by atoms with Crippen LogP contribution < -0.4 is 11.3 Å². The molecule has 0 aromatic heterocycles. The van der Waals surface area contributed by atoms with Crippen molar-refractivity contribution in [3.63, 3.8) is 0 Å². The van der Waals surface area contributed by atoms with Crippen molar-refractivity contribution in [3.8, 4) is 0 Å². The van der Waals surface area contributed by atoms with Gasteiger partial charge in [-0.25, -0.2) is 5.84 Å². The molecule has 3 N–H and O–H groups in total. The quantitative estimate of drug-likeness (QED) is 0.433. The Bertz CT molecular complexity index is 240. The van der Waals surface area contributed by atoms with Gasteiger partial charge in [0.25, 0.3) is 0 Å². The van der Waals surface area contributed by atoms with Crippen LogP contribution in [0.15, 0.2) is 0 Å². The summed E-state index contributed by atoms with van der Waals surface area (Å²) in [7, 11) is 0. The molecule has 1 aliphatic rings. The number of hydrogen-bond donors (Lipinski definition) is 2. The molecule has 4 nitrogen and oxygen atoms in total. The van der Waals surface area contributed by atoms with Crippen molar-refractivity contribution in [2.45, 2.75) is 52.5 Å². The SMILES string of the molecule is CC1CCCCCN1CC(C)(C)C(=O)NN. The van der Waals surface area contributed by atoms with Crippen molar-refractivity contribution in [2.75, 3.05) is 13.1 Å². The molecule has 0 saturated carbocycles. The van der Waals surface area contributed by atoms with Gasteiger partial charge in [-0.3, -0.25) is 15.1 Å². The second-order valence-electron chi connectivity index (χ2n) is 5.53. The number of carbonyl (C=O) groups is 1. The second-order valence-corrected chi connectivity index (χ2v) is 5.53. The number of carbonyl (C=O) groups excluding carboxylic acids is 1. The van der Waals surface area contributed by atoms with Gasteiger partial charge in [0, 0.05) is 12.6 Å². The van der Waals surface area contributed by atoms with Gasteiger partial charge in [-0.1, -0.05) is 12.8 Å². The molecule has 0 radical (unpaired) electrons. The monoisotopic (exact) mass is 227 g/mol. The van der Waals surface area contributed by atoms with Crippen LogP contribution in [0, 0.1) is 5.41 Å². The van der Waals surface area contributed by atoms with Gasteiger partial charge >= 0.3 is 0 Å². The van der Waals surface area contributed by atoms with Crippen LogP contribution in [0.5, 0.6) is 0 Å². The normalized spacial score (nSPS) is 23.9. The summed E-state index contributed by atoms with van der Waals surface area (Å²) in [6, 6.07) is 0.576. The predicted octanol–water partition coefficient (Wildman–Crippen LogP) is 1.27. The number of nitrogens with two attached hydrogens (primary N) is 1. The summed E-state index contributed by atoms with van der Waals surface area (Å²) in [6.45, 7) is 8.04. The van der Waals surface area contributed by atoms with Crippen LogP contribution in [-0.2, 0) is 4.79 Å². The van der Waals surface area contributed by atoms with Crippen LogP contribution in [0.25, 0.3) is 0 Å². The minimum atomic E-state index is -0.409. The Morgan fingerprint density at radius 3 is 2.75 bits per heavy atom. The molecule has 16 heavy (non-hydrogen) atoms. The van der Waals surface area contributed by atoms with Gasteiger partial charge in [0.05, 0.1) is 5.41 Å². The first-order valence-corrected chi connectivity index (χ1v) is 6.22. The van der Waals surface area contributed by atoms with Crippen LogP contribution in [0.2, 0.25) is 0 Å². The summed E-state index contributed by atoms with van der Waals surface area (Å²) in [4.78, 5) is 14.1. The fraction of sp³-hybridized carbons (Fsp3) is 0.917. The first-order valence-electron chi connectivity index (χ1n) is 6.22. The van der Waals surface area contributed by atoms with Gasteiger partial charge in [-0.15, -0.1) is 0 Å². The third-order valence-electron chi connectivity index (χ3n) is 3.53. The van der Waals surface area contributed by atoms with Crippen LogP contribution in [0.3, 0.4) is 0 Å². The molecule has 1 rings (SSSR count). The molecule has 0 aromatic carbocycles. The summed E-state index contributed by atoms with van der Waals surface area (Å²) in [6.07, 6.45) is 5.09. The molecule has 0 bridgehead atoms. The highest BCUT2D eigenvalue weighted by Crippen LogP contribution is 2.23. The average molecular weight is 227 g/mol. The number of likely N-dealkylation sites (tertiary alicyclic amines) is 1. The molecule has 0 aromatic rings. The standard InChI is InChI=1S/C12H25N3O/c1-10-7-5-4-6-8-15(10)9-12(2,3)11(16)14-13/h10H,4-9,13H2,1-3H3,(H,14,16). The molecule has 1 unspecified atom stereocenters. The maximum absolute atomic E-state index is 11.6. The molecule has 1 amide bonds. The van der Waals surface area contributed by atoms with Gasteiger partial charge in [-0.2, -0.15) is 0 Å². The van der Waals surface area contributed by atoms with Crippen LogP contribution in [-0.4, -0.2) is 29.9 Å².